The maximum atomic E-state index is 12.2. The van der Waals surface area contributed by atoms with Crippen LogP contribution in [0.5, 0.6) is 0 Å². The van der Waals surface area contributed by atoms with E-state index < -0.39 is 10.0 Å². The molecule has 1 aromatic carbocycles. The average molecular weight is 308 g/mol. The van der Waals surface area contributed by atoms with Crippen LogP contribution in [0.15, 0.2) is 23.1 Å². The lowest BCUT2D eigenvalue weighted by molar-refractivity contribution is -0.116. The van der Waals surface area contributed by atoms with Gasteiger partial charge in [0.1, 0.15) is 0 Å². The molecular weight excluding hydrogens is 296 g/mol. The van der Waals surface area contributed by atoms with Crippen LogP contribution >= 0.6 is 0 Å². The van der Waals surface area contributed by atoms with Crippen molar-refractivity contribution in [3.63, 3.8) is 0 Å². The number of amides is 1. The number of benzene rings is 1. The van der Waals surface area contributed by atoms with Crippen molar-refractivity contribution >= 4 is 21.6 Å². The minimum Gasteiger partial charge on any atom is -0.325 e. The van der Waals surface area contributed by atoms with E-state index in [1.165, 1.54) is 12.1 Å². The molecule has 0 fully saturated rings. The first-order chi connectivity index (χ1) is 9.97. The third kappa shape index (κ3) is 2.50. The first-order valence-electron chi connectivity index (χ1n) is 6.14. The summed E-state index contributed by atoms with van der Waals surface area (Å²) in [4.78, 5) is 11.7. The molecule has 9 nitrogen and oxygen atoms in total. The molecule has 1 aliphatic heterocycles. The second-order valence-corrected chi connectivity index (χ2v) is 6.38. The monoisotopic (exact) mass is 308 g/mol. The number of rotatable bonds is 4. The number of anilines is 1. The Labute approximate surface area is 120 Å². The van der Waals surface area contributed by atoms with E-state index in [0.29, 0.717) is 11.3 Å². The molecule has 0 aliphatic carbocycles. The van der Waals surface area contributed by atoms with Gasteiger partial charge in [-0.15, -0.1) is 10.2 Å². The third-order valence-electron chi connectivity index (χ3n) is 3.26. The average Bonchev–Trinajstić information content (AvgIpc) is 3.06. The quantitative estimate of drug-likeness (QED) is 0.713. The zero-order valence-electron chi connectivity index (χ0n) is 11.0. The number of fused-ring (bicyclic) bond motifs is 1. The molecule has 0 bridgehead atoms. The molecule has 0 spiro atoms. The van der Waals surface area contributed by atoms with Gasteiger partial charge in [0.25, 0.3) is 0 Å². The van der Waals surface area contributed by atoms with Crippen molar-refractivity contribution < 1.29 is 13.2 Å². The molecule has 1 aliphatic rings. The second kappa shape index (κ2) is 4.90. The number of nitrogens with one attached hydrogen (secondary N) is 3. The van der Waals surface area contributed by atoms with E-state index in [2.05, 4.69) is 30.7 Å². The Morgan fingerprint density at radius 3 is 2.90 bits per heavy atom. The molecule has 0 saturated heterocycles. The maximum absolute atomic E-state index is 12.2. The highest BCUT2D eigenvalue weighted by Gasteiger charge is 2.28. The molecule has 2 heterocycles. The van der Waals surface area contributed by atoms with Crippen LogP contribution in [0.1, 0.15) is 24.2 Å². The number of nitrogens with zero attached hydrogens (tertiary/aromatic N) is 3. The van der Waals surface area contributed by atoms with Crippen LogP contribution in [0.2, 0.25) is 0 Å². The molecular formula is C11H12N6O3S. The Morgan fingerprint density at radius 2 is 2.19 bits per heavy atom. The summed E-state index contributed by atoms with van der Waals surface area (Å²) < 4.78 is 26.8. The summed E-state index contributed by atoms with van der Waals surface area (Å²) >= 11 is 0. The SMILES string of the molecule is CC1C(=O)Nc2ccc(S(=O)(=O)NCc3nn[nH]n3)cc21. The highest BCUT2D eigenvalue weighted by Crippen LogP contribution is 2.33. The number of aromatic nitrogens is 4. The van der Waals surface area contributed by atoms with E-state index >= 15 is 0 Å². The minimum atomic E-state index is -3.71. The summed E-state index contributed by atoms with van der Waals surface area (Å²) in [5.41, 5.74) is 1.31. The van der Waals surface area contributed by atoms with E-state index in [9.17, 15) is 13.2 Å². The number of carbonyl (C=O) groups excluding carboxylic acids is 1. The van der Waals surface area contributed by atoms with Crippen molar-refractivity contribution in [1.29, 1.82) is 0 Å². The lowest BCUT2D eigenvalue weighted by atomic mass is 10.0. The molecule has 1 atom stereocenters. The normalized spacial score (nSPS) is 17.6. The number of aromatic amines is 1. The highest BCUT2D eigenvalue weighted by atomic mass is 32.2. The van der Waals surface area contributed by atoms with Crippen LogP contribution in [0.25, 0.3) is 0 Å². The van der Waals surface area contributed by atoms with Gasteiger partial charge < -0.3 is 5.32 Å². The third-order valence-corrected chi connectivity index (χ3v) is 4.66. The van der Waals surface area contributed by atoms with E-state index in [1.54, 1.807) is 13.0 Å². The molecule has 10 heteroatoms. The van der Waals surface area contributed by atoms with Crippen molar-refractivity contribution in [3.05, 3.63) is 29.6 Å². The number of hydrogen-bond donors (Lipinski definition) is 3. The van der Waals surface area contributed by atoms with Crippen LogP contribution in [0.4, 0.5) is 5.69 Å². The Kier molecular flexibility index (Phi) is 3.18. The summed E-state index contributed by atoms with van der Waals surface area (Å²) in [5.74, 6) is -0.267. The fourth-order valence-corrected chi connectivity index (χ4v) is 3.08. The maximum Gasteiger partial charge on any atom is 0.240 e. The van der Waals surface area contributed by atoms with Gasteiger partial charge in [-0.1, -0.05) is 5.21 Å². The van der Waals surface area contributed by atoms with Gasteiger partial charge in [0.2, 0.25) is 15.9 Å². The van der Waals surface area contributed by atoms with Gasteiger partial charge in [0.05, 0.1) is 17.4 Å². The van der Waals surface area contributed by atoms with Crippen molar-refractivity contribution in [2.24, 2.45) is 0 Å². The Hall–Kier alpha value is -2.33. The van der Waals surface area contributed by atoms with Crippen molar-refractivity contribution in [1.82, 2.24) is 25.3 Å². The summed E-state index contributed by atoms with van der Waals surface area (Å²) in [6.07, 6.45) is 0. The molecule has 1 aromatic heterocycles. The summed E-state index contributed by atoms with van der Waals surface area (Å²) in [6.45, 7) is 1.66. The second-order valence-electron chi connectivity index (χ2n) is 4.61. The summed E-state index contributed by atoms with van der Waals surface area (Å²) in [7, 11) is -3.71. The van der Waals surface area contributed by atoms with Gasteiger partial charge in [-0.25, -0.2) is 13.1 Å². The smallest absolute Gasteiger partial charge is 0.240 e. The highest BCUT2D eigenvalue weighted by molar-refractivity contribution is 7.89. The van der Waals surface area contributed by atoms with E-state index in [4.69, 9.17) is 0 Å². The van der Waals surface area contributed by atoms with Crippen molar-refractivity contribution in [2.45, 2.75) is 24.3 Å². The number of hydrogen-bond acceptors (Lipinski definition) is 6. The molecule has 2 aromatic rings. The Morgan fingerprint density at radius 1 is 1.38 bits per heavy atom. The van der Waals surface area contributed by atoms with Gasteiger partial charge in [-0.2, -0.15) is 5.21 Å². The van der Waals surface area contributed by atoms with Crippen LogP contribution in [-0.4, -0.2) is 34.9 Å². The zero-order valence-corrected chi connectivity index (χ0v) is 11.8. The van der Waals surface area contributed by atoms with Crippen LogP contribution < -0.4 is 10.0 Å². The molecule has 3 N–H and O–H groups in total. The first-order valence-corrected chi connectivity index (χ1v) is 7.62. The summed E-state index contributed by atoms with van der Waals surface area (Å²) in [5, 5.41) is 15.6. The molecule has 21 heavy (non-hydrogen) atoms. The summed E-state index contributed by atoms with van der Waals surface area (Å²) in [6, 6.07) is 4.52. The first kappa shape index (κ1) is 13.6. The van der Waals surface area contributed by atoms with Crippen molar-refractivity contribution in [3.8, 4) is 0 Å². The predicted octanol–water partition coefficient (Wildman–Crippen LogP) is -0.266. The fraction of sp³-hybridized carbons (Fsp3) is 0.273. The van der Waals surface area contributed by atoms with Gasteiger partial charge in [0.15, 0.2) is 5.82 Å². The molecule has 1 unspecified atom stereocenters. The molecule has 110 valence electrons. The topological polar surface area (TPSA) is 130 Å². The Balaban J connectivity index is 1.85. The number of H-pyrrole nitrogens is 1. The van der Waals surface area contributed by atoms with Crippen molar-refractivity contribution in [2.75, 3.05) is 5.32 Å². The van der Waals surface area contributed by atoms with Crippen LogP contribution in [0, 0.1) is 0 Å². The number of carbonyl (C=O) groups is 1. The van der Waals surface area contributed by atoms with Gasteiger partial charge in [-0.05, 0) is 30.7 Å². The van der Waals surface area contributed by atoms with E-state index in [0.717, 1.165) is 0 Å². The molecule has 3 rings (SSSR count). The van der Waals surface area contributed by atoms with E-state index in [-0.39, 0.29) is 29.1 Å². The largest absolute Gasteiger partial charge is 0.325 e. The number of tetrazole rings is 1. The minimum absolute atomic E-state index is 0.0668. The zero-order chi connectivity index (χ0) is 15.0. The van der Waals surface area contributed by atoms with Gasteiger partial charge in [-0.3, -0.25) is 4.79 Å². The molecule has 0 radical (unpaired) electrons. The molecule has 1 amide bonds. The Bertz CT molecular complexity index is 786. The van der Waals surface area contributed by atoms with Crippen LogP contribution in [0.3, 0.4) is 0 Å². The van der Waals surface area contributed by atoms with Gasteiger partial charge in [0, 0.05) is 5.69 Å². The fourth-order valence-electron chi connectivity index (χ4n) is 2.06. The number of sulfonamides is 1. The lowest BCUT2D eigenvalue weighted by Gasteiger charge is -2.07. The molecule has 0 saturated carbocycles. The van der Waals surface area contributed by atoms with E-state index in [1.807, 2.05) is 0 Å². The standard InChI is InChI=1S/C11H12N6O3S/c1-6-8-4-7(2-3-9(8)13-11(6)18)21(19,20)12-5-10-14-16-17-15-10/h2-4,6,12H,5H2,1H3,(H,13,18)(H,14,15,16,17). The van der Waals surface area contributed by atoms with Gasteiger partial charge >= 0.3 is 0 Å². The van der Waals surface area contributed by atoms with Crippen LogP contribution in [-0.2, 0) is 21.4 Å². The predicted molar refractivity (Wildman–Crippen MR) is 71.7 cm³/mol. The lowest BCUT2D eigenvalue weighted by Crippen LogP contribution is -2.24.